The van der Waals surface area contributed by atoms with Crippen LogP contribution in [-0.4, -0.2) is 63.6 Å². The van der Waals surface area contributed by atoms with E-state index < -0.39 is 24.3 Å². The number of nitrogens with one attached hydrogen (secondary N) is 2. The zero-order valence-corrected chi connectivity index (χ0v) is 18.2. The van der Waals surface area contributed by atoms with Crippen molar-refractivity contribution >= 4 is 35.6 Å². The largest absolute Gasteiger partial charge is 0.401 e. The van der Waals surface area contributed by atoms with Crippen molar-refractivity contribution in [2.24, 2.45) is 0 Å². The Balaban J connectivity index is 1.81. The van der Waals surface area contributed by atoms with Crippen molar-refractivity contribution in [3.8, 4) is 0 Å². The first-order valence-electron chi connectivity index (χ1n) is 9.74. The smallest absolute Gasteiger partial charge is 0.382 e. The number of hydrogen-bond donors (Lipinski definition) is 3. The number of alkyl halides is 3. The van der Waals surface area contributed by atoms with E-state index in [0.717, 1.165) is 0 Å². The van der Waals surface area contributed by atoms with Gasteiger partial charge in [-0.05, 0) is 25.5 Å². The third-order valence-electron chi connectivity index (χ3n) is 5.39. The molecule has 0 saturated carbocycles. The maximum absolute atomic E-state index is 12.7. The third kappa shape index (κ3) is 4.96. The maximum Gasteiger partial charge on any atom is 0.401 e. The lowest BCUT2D eigenvalue weighted by molar-refractivity contribution is -0.152. The first kappa shape index (κ1) is 23.8. The number of nitrogens with zero attached hydrogens (tertiary/aromatic N) is 4. The van der Waals surface area contributed by atoms with E-state index in [9.17, 15) is 22.8 Å². The Bertz CT molecular complexity index is 972. The van der Waals surface area contributed by atoms with Crippen molar-refractivity contribution in [2.45, 2.75) is 38.5 Å². The molecule has 2 saturated heterocycles. The van der Waals surface area contributed by atoms with Gasteiger partial charge in [0.05, 0.1) is 6.54 Å². The number of carbonyl (C=O) groups excluding carboxylic acids is 2. The molecule has 0 aliphatic carbocycles. The van der Waals surface area contributed by atoms with Crippen LogP contribution in [0.2, 0.25) is 5.02 Å². The highest BCUT2D eigenvalue weighted by Crippen LogP contribution is 2.36. The summed E-state index contributed by atoms with van der Waals surface area (Å²) in [6.45, 7) is 2.54. The molecular formula is C19H23ClF3N7O2. The van der Waals surface area contributed by atoms with Crippen LogP contribution in [0.15, 0.2) is 29.4 Å². The van der Waals surface area contributed by atoms with Crippen LogP contribution in [0.25, 0.3) is 0 Å². The highest BCUT2D eigenvalue weighted by atomic mass is 35.5. The van der Waals surface area contributed by atoms with Crippen LogP contribution in [0.5, 0.6) is 0 Å². The Morgan fingerprint density at radius 1 is 1.34 bits per heavy atom. The van der Waals surface area contributed by atoms with Gasteiger partial charge in [0.1, 0.15) is 28.5 Å². The minimum atomic E-state index is -4.30. The van der Waals surface area contributed by atoms with E-state index in [2.05, 4.69) is 20.6 Å². The van der Waals surface area contributed by atoms with Crippen LogP contribution in [-0.2, 0) is 9.59 Å². The average molecular weight is 474 g/mol. The van der Waals surface area contributed by atoms with E-state index in [1.807, 2.05) is 0 Å². The van der Waals surface area contributed by atoms with Crippen molar-refractivity contribution < 1.29 is 22.8 Å². The lowest BCUT2D eigenvalue weighted by Gasteiger charge is -2.42. The Kier molecular flexibility index (Phi) is 6.65. The second-order valence-corrected chi connectivity index (χ2v) is 8.14. The minimum Gasteiger partial charge on any atom is -0.382 e. The van der Waals surface area contributed by atoms with Crippen LogP contribution in [0.4, 0.5) is 24.8 Å². The number of allylic oxidation sites excluding steroid dienone is 3. The molecule has 4 N–H and O–H groups in total. The van der Waals surface area contributed by atoms with E-state index in [0.29, 0.717) is 17.7 Å². The molecule has 13 heteroatoms. The minimum absolute atomic E-state index is 0.0977. The van der Waals surface area contributed by atoms with Gasteiger partial charge in [0.25, 0.3) is 5.91 Å². The average Bonchev–Trinajstić information content (AvgIpc) is 2.97. The van der Waals surface area contributed by atoms with Crippen molar-refractivity contribution in [1.29, 1.82) is 0 Å². The molecule has 0 atom stereocenters. The lowest BCUT2D eigenvalue weighted by atomic mass is 9.96. The molecule has 3 rings (SSSR count). The number of hydrogen-bond acceptors (Lipinski definition) is 7. The highest BCUT2D eigenvalue weighted by Gasteiger charge is 2.50. The molecular weight excluding hydrogens is 451 g/mol. The van der Waals surface area contributed by atoms with Gasteiger partial charge in [-0.1, -0.05) is 11.6 Å². The van der Waals surface area contributed by atoms with Crippen LogP contribution >= 0.6 is 11.6 Å². The summed E-state index contributed by atoms with van der Waals surface area (Å²) in [6, 6.07) is 0. The topological polar surface area (TPSA) is 116 Å². The second kappa shape index (κ2) is 8.94. The normalized spacial score (nSPS) is 21.0. The van der Waals surface area contributed by atoms with Crippen LogP contribution in [0.3, 0.4) is 0 Å². The number of piperidine rings is 1. The zero-order chi connectivity index (χ0) is 23.7. The first-order valence-corrected chi connectivity index (χ1v) is 10.1. The number of amides is 2. The number of aromatic nitrogens is 2. The van der Waals surface area contributed by atoms with E-state index >= 15 is 0 Å². The number of carbonyl (C=O) groups is 2. The number of likely N-dealkylation sites (tertiary alicyclic amines) is 1. The summed E-state index contributed by atoms with van der Waals surface area (Å²) in [4.78, 5) is 35.0. The molecule has 2 aliphatic rings. The molecule has 1 aromatic rings. The Hall–Kier alpha value is -2.86. The number of nitrogens with two attached hydrogens (primary N) is 1. The predicted octanol–water partition coefficient (Wildman–Crippen LogP) is 2.24. The summed E-state index contributed by atoms with van der Waals surface area (Å²) >= 11 is 6.07. The molecule has 1 spiro atoms. The van der Waals surface area contributed by atoms with E-state index in [1.165, 1.54) is 16.1 Å². The van der Waals surface area contributed by atoms with Gasteiger partial charge in [-0.2, -0.15) is 13.2 Å². The van der Waals surface area contributed by atoms with Gasteiger partial charge in [-0.15, -0.1) is 0 Å². The van der Waals surface area contributed by atoms with Crippen LogP contribution in [0.1, 0.15) is 26.7 Å². The summed E-state index contributed by atoms with van der Waals surface area (Å²) in [7, 11) is 0. The fourth-order valence-corrected chi connectivity index (χ4v) is 4.11. The molecule has 9 nitrogen and oxygen atoms in total. The van der Waals surface area contributed by atoms with Crippen molar-refractivity contribution in [1.82, 2.24) is 25.1 Å². The molecule has 174 valence electrons. The lowest BCUT2D eigenvalue weighted by Crippen LogP contribution is -2.58. The summed E-state index contributed by atoms with van der Waals surface area (Å²) in [6.07, 6.45) is -0.521. The van der Waals surface area contributed by atoms with Crippen molar-refractivity contribution in [3.05, 3.63) is 34.4 Å². The fraction of sp³-hybridized carbons (Fsp3) is 0.474. The van der Waals surface area contributed by atoms with Crippen molar-refractivity contribution in [2.75, 3.05) is 30.7 Å². The molecule has 2 aliphatic heterocycles. The number of rotatable bonds is 5. The number of halogens is 4. The standard InChI is InChI=1S/C19H23ClF3N7O2/c1-11(7-12(2)27-16-13(20)15(24)25-9-26-16)14-17(32)28-18(30(14)10-31)3-5-29(6-4-18)8-19(21,22)23/h7,9-10H,3-6,8H2,1-2H3,(H,28,32)(H3,24,25,26,27)/b12-7+,14-11-. The summed E-state index contributed by atoms with van der Waals surface area (Å²) in [5, 5.41) is 5.91. The van der Waals surface area contributed by atoms with Gasteiger partial charge in [-0.25, -0.2) is 9.97 Å². The molecule has 0 aromatic carbocycles. The molecule has 0 unspecified atom stereocenters. The zero-order valence-electron chi connectivity index (χ0n) is 17.5. The second-order valence-electron chi connectivity index (χ2n) is 7.76. The molecule has 32 heavy (non-hydrogen) atoms. The summed E-state index contributed by atoms with van der Waals surface area (Å²) < 4.78 is 38.1. The van der Waals surface area contributed by atoms with Crippen LogP contribution in [0, 0.1) is 0 Å². The Morgan fingerprint density at radius 2 is 2.00 bits per heavy atom. The Labute approximate surface area is 187 Å². The summed E-state index contributed by atoms with van der Waals surface area (Å²) in [5.41, 5.74) is 5.79. The molecule has 2 amide bonds. The molecule has 0 radical (unpaired) electrons. The Morgan fingerprint density at radius 3 is 2.59 bits per heavy atom. The van der Waals surface area contributed by atoms with E-state index in [4.69, 9.17) is 17.3 Å². The van der Waals surface area contributed by atoms with Crippen LogP contribution < -0.4 is 16.4 Å². The van der Waals surface area contributed by atoms with Gasteiger partial charge in [0.2, 0.25) is 6.41 Å². The van der Waals surface area contributed by atoms with Crippen molar-refractivity contribution in [3.63, 3.8) is 0 Å². The first-order chi connectivity index (χ1) is 15.0. The SMILES string of the molecule is CC(/C=C(\C)Nc1ncnc(N)c1Cl)=C1\C(=O)NC2(CCN(CC(F)(F)F)CC2)N1C=O. The van der Waals surface area contributed by atoms with Gasteiger partial charge >= 0.3 is 6.18 Å². The molecule has 0 bridgehead atoms. The summed E-state index contributed by atoms with van der Waals surface area (Å²) in [5.74, 6) is -0.0808. The molecule has 1 aromatic heterocycles. The quantitative estimate of drug-likeness (QED) is 0.443. The monoisotopic (exact) mass is 473 g/mol. The fourth-order valence-electron chi connectivity index (χ4n) is 3.96. The number of anilines is 2. The highest BCUT2D eigenvalue weighted by molar-refractivity contribution is 6.35. The number of nitrogen functional groups attached to an aromatic ring is 1. The predicted molar refractivity (Wildman–Crippen MR) is 112 cm³/mol. The third-order valence-corrected chi connectivity index (χ3v) is 5.77. The van der Waals surface area contributed by atoms with Gasteiger partial charge in [-0.3, -0.25) is 19.4 Å². The maximum atomic E-state index is 12.7. The molecule has 3 heterocycles. The van der Waals surface area contributed by atoms with Gasteiger partial charge in [0, 0.05) is 31.6 Å². The van der Waals surface area contributed by atoms with Gasteiger partial charge in [0.15, 0.2) is 5.82 Å². The molecule has 2 fully saturated rings. The van der Waals surface area contributed by atoms with E-state index in [-0.39, 0.29) is 48.3 Å². The van der Waals surface area contributed by atoms with Gasteiger partial charge < -0.3 is 16.4 Å². The van der Waals surface area contributed by atoms with E-state index in [1.54, 1.807) is 19.9 Å².